The zero-order valence-electron chi connectivity index (χ0n) is 44.7. The normalized spacial score (nSPS) is 13.6. The van der Waals surface area contributed by atoms with Crippen LogP contribution >= 0.6 is 7.82 Å². The molecule has 0 amide bonds. The number of nitrogens with two attached hydrogens (primary N) is 1. The van der Waals surface area contributed by atoms with E-state index in [1.165, 1.54) is 205 Å². The van der Waals surface area contributed by atoms with E-state index in [2.05, 4.69) is 38.2 Å². The van der Waals surface area contributed by atoms with Crippen molar-refractivity contribution in [3.05, 3.63) is 24.3 Å². The lowest BCUT2D eigenvalue weighted by Gasteiger charge is -2.20. The molecule has 3 atom stereocenters. The molecule has 0 saturated heterocycles. The van der Waals surface area contributed by atoms with Gasteiger partial charge in [0.1, 0.15) is 12.6 Å². The molecule has 0 aliphatic carbocycles. The van der Waals surface area contributed by atoms with Crippen LogP contribution in [0.15, 0.2) is 24.3 Å². The average Bonchev–Trinajstić information content (AvgIpc) is 3.33. The van der Waals surface area contributed by atoms with Crippen LogP contribution < -0.4 is 5.73 Å². The summed E-state index contributed by atoms with van der Waals surface area (Å²) in [5.41, 5.74) is 5.36. The van der Waals surface area contributed by atoms with Crippen LogP contribution in [-0.4, -0.2) is 59.9 Å². The maximum atomic E-state index is 12.7. The third-order valence-electron chi connectivity index (χ3n) is 12.9. The van der Waals surface area contributed by atoms with Crippen molar-refractivity contribution < 1.29 is 47.5 Å². The van der Waals surface area contributed by atoms with E-state index in [9.17, 15) is 23.8 Å². The summed E-state index contributed by atoms with van der Waals surface area (Å²) < 4.78 is 32.9. The summed E-state index contributed by atoms with van der Waals surface area (Å²) in [5, 5.41) is 8.94. The second-order valence-electron chi connectivity index (χ2n) is 19.8. The Morgan fingerprint density at radius 2 is 0.754 bits per heavy atom. The van der Waals surface area contributed by atoms with Gasteiger partial charge in [-0.2, -0.15) is 0 Å². The number of phosphoric acid groups is 1. The third-order valence-corrected chi connectivity index (χ3v) is 13.9. The van der Waals surface area contributed by atoms with Crippen molar-refractivity contribution in [2.75, 3.05) is 19.8 Å². The molecule has 0 saturated carbocycles. The molecule has 0 bridgehead atoms. The highest BCUT2D eigenvalue weighted by atomic mass is 31.2. The van der Waals surface area contributed by atoms with Crippen LogP contribution in [0.25, 0.3) is 0 Å². The fourth-order valence-corrected chi connectivity index (χ4v) is 9.22. The first-order valence-corrected chi connectivity index (χ1v) is 30.4. The molecule has 0 rings (SSSR count). The van der Waals surface area contributed by atoms with E-state index in [0.29, 0.717) is 19.3 Å². The Morgan fingerprint density at radius 3 is 1.14 bits per heavy atom. The van der Waals surface area contributed by atoms with Crippen LogP contribution in [0.1, 0.15) is 290 Å². The summed E-state index contributed by atoms with van der Waals surface area (Å²) in [6.45, 7) is 2.84. The number of hydrogen-bond donors (Lipinski definition) is 3. The van der Waals surface area contributed by atoms with Gasteiger partial charge in [0.2, 0.25) is 0 Å². The summed E-state index contributed by atoms with van der Waals surface area (Å²) in [4.78, 5) is 46.3. The monoisotopic (exact) mass is 998 g/mol. The third kappa shape index (κ3) is 52.1. The highest BCUT2D eigenvalue weighted by Gasteiger charge is 2.28. The van der Waals surface area contributed by atoms with Crippen LogP contribution in [0.5, 0.6) is 0 Å². The van der Waals surface area contributed by atoms with Crippen LogP contribution in [0.2, 0.25) is 0 Å². The van der Waals surface area contributed by atoms with Crippen molar-refractivity contribution in [1.82, 2.24) is 0 Å². The highest BCUT2D eigenvalue weighted by Crippen LogP contribution is 2.43. The van der Waals surface area contributed by atoms with Gasteiger partial charge in [-0.1, -0.05) is 256 Å². The van der Waals surface area contributed by atoms with Crippen LogP contribution in [0.4, 0.5) is 0 Å². The zero-order chi connectivity index (χ0) is 50.6. The van der Waals surface area contributed by atoms with Gasteiger partial charge in [0.05, 0.1) is 13.2 Å². The lowest BCUT2D eigenvalue weighted by molar-refractivity contribution is -0.161. The van der Waals surface area contributed by atoms with Gasteiger partial charge in [0, 0.05) is 12.8 Å². The minimum absolute atomic E-state index is 0.105. The molecule has 0 aromatic rings. The topological polar surface area (TPSA) is 172 Å². The SMILES string of the molecule is CCCCCCCCCCCCCCCC/C=C/CC/C=C/CCCC(=O)O[C@H](COC(=O)CCCCCCCCCCCCCCCCCCCCCCCC)COP(=O)(O)OC[C@H](N)C(=O)O. The largest absolute Gasteiger partial charge is 0.480 e. The molecule has 0 spiro atoms. The van der Waals surface area contributed by atoms with E-state index in [1.54, 1.807) is 0 Å². The van der Waals surface area contributed by atoms with Gasteiger partial charge >= 0.3 is 25.7 Å². The number of allylic oxidation sites excluding steroid dienone is 4. The first-order chi connectivity index (χ1) is 33.6. The zero-order valence-corrected chi connectivity index (χ0v) is 45.6. The fraction of sp³-hybridized carbons (Fsp3) is 0.877. The number of hydrogen-bond acceptors (Lipinski definition) is 9. The second-order valence-corrected chi connectivity index (χ2v) is 21.2. The van der Waals surface area contributed by atoms with Gasteiger partial charge in [-0.3, -0.25) is 23.4 Å². The minimum atomic E-state index is -4.73. The lowest BCUT2D eigenvalue weighted by Crippen LogP contribution is -2.34. The Balaban J connectivity index is 4.19. The van der Waals surface area contributed by atoms with Crippen molar-refractivity contribution in [3.8, 4) is 0 Å². The lowest BCUT2D eigenvalue weighted by atomic mass is 10.0. The second kappa shape index (κ2) is 52.3. The Hall–Kier alpha value is -2.04. The molecule has 1 unspecified atom stereocenters. The van der Waals surface area contributed by atoms with Gasteiger partial charge in [-0.15, -0.1) is 0 Å². The summed E-state index contributed by atoms with van der Waals surface area (Å²) in [6.07, 6.45) is 59.8. The quantitative estimate of drug-likeness (QED) is 0.0229. The number of carbonyl (C=O) groups is 3. The molecular weight excluding hydrogens is 890 g/mol. The number of unbranched alkanes of at least 4 members (excludes halogenated alkanes) is 37. The Morgan fingerprint density at radius 1 is 0.435 bits per heavy atom. The highest BCUT2D eigenvalue weighted by molar-refractivity contribution is 7.47. The molecule has 0 radical (unpaired) electrons. The van der Waals surface area contributed by atoms with E-state index in [4.69, 9.17) is 29.4 Å². The molecule has 0 aromatic heterocycles. The summed E-state index contributed by atoms with van der Waals surface area (Å²) in [7, 11) is -4.73. The molecular formula is C57H108NO10P. The number of carboxylic acid groups (broad SMARTS) is 1. The van der Waals surface area contributed by atoms with Crippen LogP contribution in [0.3, 0.4) is 0 Å². The molecule has 11 nitrogen and oxygen atoms in total. The van der Waals surface area contributed by atoms with Crippen molar-refractivity contribution in [2.45, 2.75) is 302 Å². The molecule has 0 heterocycles. The maximum Gasteiger partial charge on any atom is 0.472 e. The van der Waals surface area contributed by atoms with E-state index in [0.717, 1.165) is 38.5 Å². The van der Waals surface area contributed by atoms with E-state index < -0.39 is 51.1 Å². The number of esters is 2. The first kappa shape index (κ1) is 67.0. The molecule has 69 heavy (non-hydrogen) atoms. The molecule has 0 aliphatic heterocycles. The Bertz CT molecular complexity index is 1260. The standard InChI is InChI=1S/C57H108NO10P/c1-3-5-7-9-11-13-15-17-19-21-23-25-27-29-31-33-35-37-39-41-43-45-47-49-56(60)68-53(51-66-69(63,64)67-52-54(58)57(61)62)50-65-55(59)48-46-44-42-40-38-36-34-32-30-28-26-24-22-20-18-16-14-12-10-8-6-4-2/h33,35,41,43,53-54H,3-32,34,36-40,42,44-52,58H2,1-2H3,(H,61,62)(H,63,64)/b35-33+,43-41+/t53-,54+/m1/s1. The van der Waals surface area contributed by atoms with Crippen molar-refractivity contribution in [1.29, 1.82) is 0 Å². The summed E-state index contributed by atoms with van der Waals surface area (Å²) in [6, 6.07) is -1.53. The molecule has 0 aromatic carbocycles. The number of aliphatic carboxylic acids is 1. The van der Waals surface area contributed by atoms with Crippen LogP contribution in [0, 0.1) is 0 Å². The Labute approximate surface area is 423 Å². The number of ether oxygens (including phenoxy) is 2. The Kier molecular flexibility index (Phi) is 50.7. The number of phosphoric ester groups is 1. The van der Waals surface area contributed by atoms with E-state index >= 15 is 0 Å². The van der Waals surface area contributed by atoms with Crippen molar-refractivity contribution >= 4 is 25.7 Å². The predicted octanol–water partition coefficient (Wildman–Crippen LogP) is 16.9. The predicted molar refractivity (Wildman–Crippen MR) is 286 cm³/mol. The van der Waals surface area contributed by atoms with Crippen molar-refractivity contribution in [3.63, 3.8) is 0 Å². The number of rotatable bonds is 55. The van der Waals surface area contributed by atoms with Gasteiger partial charge in [0.15, 0.2) is 6.10 Å². The van der Waals surface area contributed by atoms with Gasteiger partial charge in [-0.05, 0) is 44.9 Å². The first-order valence-electron chi connectivity index (χ1n) is 28.9. The fourth-order valence-electron chi connectivity index (χ4n) is 8.44. The molecule has 406 valence electrons. The minimum Gasteiger partial charge on any atom is -0.480 e. The van der Waals surface area contributed by atoms with Gasteiger partial charge in [0.25, 0.3) is 0 Å². The van der Waals surface area contributed by atoms with Gasteiger partial charge in [-0.25, -0.2) is 4.57 Å². The molecule has 4 N–H and O–H groups in total. The number of carboxylic acids is 1. The number of carbonyl (C=O) groups excluding carboxylic acids is 2. The van der Waals surface area contributed by atoms with Crippen molar-refractivity contribution in [2.24, 2.45) is 5.73 Å². The molecule has 12 heteroatoms. The molecule has 0 fully saturated rings. The maximum absolute atomic E-state index is 12.7. The van der Waals surface area contributed by atoms with Crippen LogP contribution in [-0.2, 0) is 37.5 Å². The smallest absolute Gasteiger partial charge is 0.472 e. The van der Waals surface area contributed by atoms with Gasteiger partial charge < -0.3 is 25.2 Å². The summed E-state index contributed by atoms with van der Waals surface area (Å²) >= 11 is 0. The summed E-state index contributed by atoms with van der Waals surface area (Å²) in [5.74, 6) is -2.41. The molecule has 0 aliphatic rings. The van der Waals surface area contributed by atoms with E-state index in [-0.39, 0.29) is 19.4 Å². The average molecular weight is 998 g/mol. The van der Waals surface area contributed by atoms with E-state index in [1.807, 2.05) is 0 Å².